The Morgan fingerprint density at radius 3 is 2.71 bits per heavy atom. The van der Waals surface area contributed by atoms with Gasteiger partial charge in [-0.15, -0.1) is 11.3 Å². The molecule has 5 rings (SSSR count). The molecule has 2 aromatic heterocycles. The van der Waals surface area contributed by atoms with Crippen LogP contribution in [-0.2, 0) is 19.3 Å². The zero-order valence-corrected chi connectivity index (χ0v) is 17.4. The number of fused-ring (bicyclic) bond motifs is 3. The maximum atomic E-state index is 4.76. The van der Waals surface area contributed by atoms with E-state index in [4.69, 9.17) is 4.98 Å². The summed E-state index contributed by atoms with van der Waals surface area (Å²) in [4.78, 5) is 17.2. The molecule has 1 aromatic carbocycles. The van der Waals surface area contributed by atoms with Gasteiger partial charge in [0.15, 0.2) is 0 Å². The Morgan fingerprint density at radius 1 is 1.07 bits per heavy atom. The third kappa shape index (κ3) is 3.53. The van der Waals surface area contributed by atoms with Crippen molar-refractivity contribution in [2.45, 2.75) is 32.6 Å². The van der Waals surface area contributed by atoms with E-state index in [1.807, 2.05) is 11.3 Å². The number of aromatic nitrogens is 2. The van der Waals surface area contributed by atoms with Gasteiger partial charge in [0.05, 0.1) is 5.39 Å². The second kappa shape index (κ2) is 7.80. The molecule has 1 atom stereocenters. The predicted molar refractivity (Wildman–Crippen MR) is 117 cm³/mol. The Kier molecular flexibility index (Phi) is 5.03. The number of thiophene rings is 1. The van der Waals surface area contributed by atoms with E-state index in [0.717, 1.165) is 45.1 Å². The molecule has 2 aliphatic rings. The third-order valence-electron chi connectivity index (χ3n) is 6.30. The van der Waals surface area contributed by atoms with Gasteiger partial charge in [0, 0.05) is 37.6 Å². The van der Waals surface area contributed by atoms with Gasteiger partial charge in [-0.2, -0.15) is 0 Å². The van der Waals surface area contributed by atoms with Crippen LogP contribution in [0.15, 0.2) is 36.7 Å². The number of nitrogens with zero attached hydrogens (tertiary/aromatic N) is 4. The first kappa shape index (κ1) is 18.1. The molecule has 3 aromatic rings. The number of benzene rings is 1. The van der Waals surface area contributed by atoms with Gasteiger partial charge in [-0.1, -0.05) is 37.3 Å². The minimum Gasteiger partial charge on any atom is -0.353 e. The van der Waals surface area contributed by atoms with Crippen molar-refractivity contribution in [3.8, 4) is 0 Å². The fourth-order valence-electron chi connectivity index (χ4n) is 4.62. The molecule has 146 valence electrons. The molecule has 0 bridgehead atoms. The lowest BCUT2D eigenvalue weighted by molar-refractivity contribution is 0.260. The van der Waals surface area contributed by atoms with Crippen molar-refractivity contribution < 1.29 is 0 Å². The van der Waals surface area contributed by atoms with Gasteiger partial charge in [-0.3, -0.25) is 4.90 Å². The molecule has 0 amide bonds. The zero-order chi connectivity index (χ0) is 18.9. The van der Waals surface area contributed by atoms with E-state index in [-0.39, 0.29) is 0 Å². The quantitative estimate of drug-likeness (QED) is 0.667. The maximum Gasteiger partial charge on any atom is 0.141 e. The minimum atomic E-state index is 0.771. The van der Waals surface area contributed by atoms with Crippen molar-refractivity contribution in [3.05, 3.63) is 52.7 Å². The Balaban J connectivity index is 1.30. The van der Waals surface area contributed by atoms with E-state index in [1.54, 1.807) is 16.8 Å². The Bertz CT molecular complexity index is 944. The number of hydrogen-bond donors (Lipinski definition) is 0. The summed E-state index contributed by atoms with van der Waals surface area (Å²) in [6, 6.07) is 10.8. The lowest BCUT2D eigenvalue weighted by atomic mass is 9.88. The highest BCUT2D eigenvalue weighted by Gasteiger charge is 2.26. The molecule has 1 saturated heterocycles. The molecule has 0 saturated carbocycles. The highest BCUT2D eigenvalue weighted by Crippen LogP contribution is 2.40. The molecule has 4 nitrogen and oxygen atoms in total. The monoisotopic (exact) mass is 392 g/mol. The van der Waals surface area contributed by atoms with E-state index in [2.05, 4.69) is 52.0 Å². The lowest BCUT2D eigenvalue weighted by Crippen LogP contribution is -2.47. The summed E-state index contributed by atoms with van der Waals surface area (Å²) in [7, 11) is 0. The summed E-state index contributed by atoms with van der Waals surface area (Å²) >= 11 is 1.90. The van der Waals surface area contributed by atoms with Crippen molar-refractivity contribution in [2.24, 2.45) is 5.92 Å². The lowest BCUT2D eigenvalue weighted by Gasteiger charge is -2.35. The summed E-state index contributed by atoms with van der Waals surface area (Å²) in [6.07, 6.45) is 6.61. The van der Waals surface area contributed by atoms with Gasteiger partial charge in [0.25, 0.3) is 0 Å². The van der Waals surface area contributed by atoms with Crippen LogP contribution in [0.25, 0.3) is 10.2 Å². The van der Waals surface area contributed by atoms with E-state index < -0.39 is 0 Å². The number of anilines is 1. The van der Waals surface area contributed by atoms with Crippen LogP contribution in [0.3, 0.4) is 0 Å². The van der Waals surface area contributed by atoms with Gasteiger partial charge in [-0.25, -0.2) is 9.97 Å². The summed E-state index contributed by atoms with van der Waals surface area (Å²) < 4.78 is 0. The van der Waals surface area contributed by atoms with E-state index in [0.29, 0.717) is 0 Å². The molecule has 0 spiro atoms. The molecule has 0 radical (unpaired) electrons. The average molecular weight is 393 g/mol. The molecule has 5 heteroatoms. The Morgan fingerprint density at radius 2 is 1.89 bits per heavy atom. The summed E-state index contributed by atoms with van der Waals surface area (Å²) in [6.45, 7) is 7.86. The van der Waals surface area contributed by atoms with Gasteiger partial charge < -0.3 is 4.90 Å². The second-order valence-corrected chi connectivity index (χ2v) is 9.38. The molecule has 28 heavy (non-hydrogen) atoms. The molecule has 1 aliphatic heterocycles. The van der Waals surface area contributed by atoms with Crippen molar-refractivity contribution in [1.82, 2.24) is 14.9 Å². The van der Waals surface area contributed by atoms with Crippen LogP contribution < -0.4 is 4.90 Å². The largest absolute Gasteiger partial charge is 0.353 e. The molecule has 0 unspecified atom stereocenters. The zero-order valence-electron chi connectivity index (χ0n) is 16.6. The fraction of sp³-hybridized carbons (Fsp3) is 0.478. The van der Waals surface area contributed by atoms with Crippen molar-refractivity contribution in [3.63, 3.8) is 0 Å². The Labute approximate surface area is 171 Å². The highest BCUT2D eigenvalue weighted by molar-refractivity contribution is 7.19. The summed E-state index contributed by atoms with van der Waals surface area (Å²) in [5, 5.41) is 1.35. The van der Waals surface area contributed by atoms with Crippen molar-refractivity contribution >= 4 is 27.4 Å². The molecule has 3 heterocycles. The molecule has 1 aliphatic carbocycles. The first-order chi connectivity index (χ1) is 13.8. The highest BCUT2D eigenvalue weighted by atomic mass is 32.1. The second-order valence-electron chi connectivity index (χ2n) is 8.29. The number of piperazine rings is 1. The maximum absolute atomic E-state index is 4.76. The van der Waals surface area contributed by atoms with Crippen LogP contribution in [0.2, 0.25) is 0 Å². The molecular formula is C23H28N4S. The predicted octanol–water partition coefficient (Wildman–Crippen LogP) is 4.18. The normalized spacial score (nSPS) is 20.5. The van der Waals surface area contributed by atoms with Crippen LogP contribution in [-0.4, -0.2) is 47.6 Å². The van der Waals surface area contributed by atoms with Crippen LogP contribution in [0.5, 0.6) is 0 Å². The van der Waals surface area contributed by atoms with Crippen LogP contribution in [0, 0.1) is 5.92 Å². The first-order valence-corrected chi connectivity index (χ1v) is 11.4. The molecular weight excluding hydrogens is 364 g/mol. The van der Waals surface area contributed by atoms with Crippen LogP contribution in [0.1, 0.15) is 29.3 Å². The first-order valence-electron chi connectivity index (χ1n) is 10.5. The topological polar surface area (TPSA) is 32.3 Å². The van der Waals surface area contributed by atoms with Gasteiger partial charge >= 0.3 is 0 Å². The molecule has 0 N–H and O–H groups in total. The standard InChI is InChI=1S/C23H28N4S/c1-17-7-8-20-19(15-17)21-22(24-16-25-23(21)28-20)27-13-11-26(12-14-27)10-9-18-5-3-2-4-6-18/h2-6,16-17H,7-15H2,1H3/t17-/m0/s1. The Hall–Kier alpha value is -1.98. The number of hydrogen-bond acceptors (Lipinski definition) is 5. The SMILES string of the molecule is C[C@H]1CCc2sc3ncnc(N4CCN(CCc5ccccc5)CC4)c3c2C1. The van der Waals surface area contributed by atoms with E-state index >= 15 is 0 Å². The average Bonchev–Trinajstić information content (AvgIpc) is 3.11. The number of aryl methyl sites for hydroxylation is 1. The fourth-order valence-corrected chi connectivity index (χ4v) is 5.80. The van der Waals surface area contributed by atoms with Crippen molar-refractivity contribution in [1.29, 1.82) is 0 Å². The number of rotatable bonds is 4. The van der Waals surface area contributed by atoms with E-state index in [9.17, 15) is 0 Å². The van der Waals surface area contributed by atoms with Crippen LogP contribution >= 0.6 is 11.3 Å². The van der Waals surface area contributed by atoms with Gasteiger partial charge in [0.1, 0.15) is 17.0 Å². The van der Waals surface area contributed by atoms with Gasteiger partial charge in [-0.05, 0) is 42.7 Å². The van der Waals surface area contributed by atoms with Crippen LogP contribution in [0.4, 0.5) is 5.82 Å². The van der Waals surface area contributed by atoms with Crippen molar-refractivity contribution in [2.75, 3.05) is 37.6 Å². The van der Waals surface area contributed by atoms with E-state index in [1.165, 1.54) is 40.9 Å². The summed E-state index contributed by atoms with van der Waals surface area (Å²) in [5.74, 6) is 1.95. The molecule has 1 fully saturated rings. The smallest absolute Gasteiger partial charge is 0.141 e. The summed E-state index contributed by atoms with van der Waals surface area (Å²) in [5.41, 5.74) is 2.97. The third-order valence-corrected chi connectivity index (χ3v) is 7.50. The van der Waals surface area contributed by atoms with Gasteiger partial charge in [0.2, 0.25) is 0 Å². The minimum absolute atomic E-state index is 0.771.